The van der Waals surface area contributed by atoms with Gasteiger partial charge in [-0.3, -0.25) is 9.36 Å². The summed E-state index contributed by atoms with van der Waals surface area (Å²) in [4.78, 5) is 27.4. The van der Waals surface area contributed by atoms with E-state index in [0.29, 0.717) is 47.7 Å². The van der Waals surface area contributed by atoms with Crippen LogP contribution in [0.15, 0.2) is 54.9 Å². The van der Waals surface area contributed by atoms with Crippen molar-refractivity contribution in [2.75, 3.05) is 37.7 Å². The van der Waals surface area contributed by atoms with Gasteiger partial charge < -0.3 is 23.4 Å². The Morgan fingerprint density at radius 2 is 1.78 bits per heavy atom. The molecule has 0 atom stereocenters. The molecule has 0 saturated carbocycles. The molecule has 45 heavy (non-hydrogen) atoms. The molecule has 240 valence electrons. The van der Waals surface area contributed by atoms with Gasteiger partial charge in [-0.05, 0) is 90.4 Å². The second-order valence-corrected chi connectivity index (χ2v) is 15.1. The largest absolute Gasteiger partial charge is 0.362 e. The third-order valence-corrected chi connectivity index (χ3v) is 10.3. The molecule has 9 nitrogen and oxygen atoms in total. The van der Waals surface area contributed by atoms with Crippen LogP contribution in [0.2, 0.25) is 5.02 Å². The topological polar surface area (TPSA) is 89.8 Å². The van der Waals surface area contributed by atoms with Gasteiger partial charge in [-0.1, -0.05) is 17.7 Å². The molecule has 0 bridgehead atoms. The molecule has 1 aliphatic rings. The summed E-state index contributed by atoms with van der Waals surface area (Å²) in [5, 5.41) is 1.29. The van der Waals surface area contributed by atoms with Crippen LogP contribution in [-0.2, 0) is 19.2 Å². The van der Waals surface area contributed by atoms with E-state index < -0.39 is 19.0 Å². The molecule has 1 aromatic carbocycles. The predicted octanol–water partition coefficient (Wildman–Crippen LogP) is 7.28. The Bertz CT molecular complexity index is 1760. The smallest absolute Gasteiger partial charge is 0.353 e. The van der Waals surface area contributed by atoms with Crippen LogP contribution in [0.5, 0.6) is 0 Å². The van der Waals surface area contributed by atoms with E-state index in [1.54, 1.807) is 44.3 Å². The summed E-state index contributed by atoms with van der Waals surface area (Å²) >= 11 is 5.94. The van der Waals surface area contributed by atoms with E-state index in [1.807, 2.05) is 41.6 Å². The molecule has 12 heteroatoms. The highest BCUT2D eigenvalue weighted by molar-refractivity contribution is 7.62. The number of anilines is 1. The fourth-order valence-electron chi connectivity index (χ4n) is 5.74. The van der Waals surface area contributed by atoms with Crippen LogP contribution in [0.1, 0.15) is 59.0 Å². The molecule has 0 N–H and O–H groups in total. The lowest BCUT2D eigenvalue weighted by molar-refractivity contribution is 0.0507. The number of carbonyl (C=O) groups excluding carboxylic acids is 1. The number of amides is 1. The highest BCUT2D eigenvalue weighted by atomic mass is 35.5. The van der Waals surface area contributed by atoms with Gasteiger partial charge in [0.15, 0.2) is 0 Å². The standard InChI is InChI=1S/C33H40ClFN5O4P/c1-8-43-45(42,44-9-2)23-11-15-29(36-19-23)38-16-17-39(33(6,7)21-38)31(41)28-14-12-24-25(22-10-13-26(34)27(35)18-22)20-40(30(24)37-28)32(3,4)5/h10-15,18-20H,8-9,16-17,21H2,1-7H3. The second kappa shape index (κ2) is 12.5. The van der Waals surface area contributed by atoms with E-state index in [4.69, 9.17) is 25.6 Å². The van der Waals surface area contributed by atoms with Gasteiger partial charge in [0.25, 0.3) is 5.91 Å². The van der Waals surface area contributed by atoms with E-state index in [1.165, 1.54) is 6.07 Å². The van der Waals surface area contributed by atoms with Gasteiger partial charge in [0.1, 0.15) is 23.0 Å². The molecular formula is C33H40ClFN5O4P. The number of aromatic nitrogens is 3. The molecule has 0 aliphatic carbocycles. The number of pyridine rings is 2. The Labute approximate surface area is 268 Å². The molecule has 1 fully saturated rings. The molecular weight excluding hydrogens is 616 g/mol. The lowest BCUT2D eigenvalue weighted by Crippen LogP contribution is -2.61. The maximum absolute atomic E-state index is 14.4. The van der Waals surface area contributed by atoms with Gasteiger partial charge in [-0.2, -0.15) is 0 Å². The molecule has 1 aliphatic heterocycles. The first kappa shape index (κ1) is 33.1. The average molecular weight is 656 g/mol. The Morgan fingerprint density at radius 3 is 2.36 bits per heavy atom. The summed E-state index contributed by atoms with van der Waals surface area (Å²) in [5.74, 6) is 0.0567. The minimum Gasteiger partial charge on any atom is -0.353 e. The normalized spacial score (nSPS) is 15.6. The number of carbonyl (C=O) groups is 1. The van der Waals surface area contributed by atoms with Crippen molar-refractivity contribution in [3.05, 3.63) is 71.4 Å². The summed E-state index contributed by atoms with van der Waals surface area (Å²) in [5.41, 5.74) is 1.60. The van der Waals surface area contributed by atoms with Crippen molar-refractivity contribution in [2.45, 2.75) is 59.5 Å². The number of benzene rings is 1. The Balaban J connectivity index is 1.41. The Kier molecular flexibility index (Phi) is 9.17. The first-order chi connectivity index (χ1) is 21.2. The third-order valence-electron chi connectivity index (χ3n) is 7.94. The average Bonchev–Trinajstić information content (AvgIpc) is 3.38. The number of hydrogen-bond acceptors (Lipinski definition) is 7. The minimum atomic E-state index is -3.43. The molecule has 4 heterocycles. The number of nitrogens with zero attached hydrogens (tertiary/aromatic N) is 5. The van der Waals surface area contributed by atoms with E-state index >= 15 is 0 Å². The first-order valence-electron chi connectivity index (χ1n) is 15.1. The Morgan fingerprint density at radius 1 is 1.07 bits per heavy atom. The van der Waals surface area contributed by atoms with Gasteiger partial charge in [0, 0.05) is 48.5 Å². The highest BCUT2D eigenvalue weighted by Gasteiger charge is 2.38. The maximum atomic E-state index is 14.4. The third kappa shape index (κ3) is 6.52. The second-order valence-electron chi connectivity index (χ2n) is 12.7. The summed E-state index contributed by atoms with van der Waals surface area (Å²) in [6.07, 6.45) is 3.50. The van der Waals surface area contributed by atoms with Crippen molar-refractivity contribution < 1.29 is 22.8 Å². The molecule has 1 amide bonds. The summed E-state index contributed by atoms with van der Waals surface area (Å²) in [7, 11) is -3.43. The van der Waals surface area contributed by atoms with Crippen molar-refractivity contribution in [3.63, 3.8) is 0 Å². The number of piperazine rings is 1. The van der Waals surface area contributed by atoms with Crippen LogP contribution in [0, 0.1) is 5.82 Å². The number of fused-ring (bicyclic) bond motifs is 1. The van der Waals surface area contributed by atoms with Gasteiger partial charge in [-0.25, -0.2) is 14.4 Å². The van der Waals surface area contributed by atoms with Gasteiger partial charge in [-0.15, -0.1) is 0 Å². The summed E-state index contributed by atoms with van der Waals surface area (Å²) in [6.45, 7) is 15.8. The van der Waals surface area contributed by atoms with Gasteiger partial charge in [0.2, 0.25) is 0 Å². The Hall–Kier alpha value is -3.30. The van der Waals surface area contributed by atoms with E-state index in [2.05, 4.69) is 30.7 Å². The fraction of sp³-hybridized carbons (Fsp3) is 0.424. The SMILES string of the molecule is CCOP(=O)(OCC)c1ccc(N2CCN(C(=O)c3ccc4c(-c5ccc(Cl)c(F)c5)cn(C(C)(C)C)c4n3)C(C)(C)C2)nc1. The molecule has 3 aromatic heterocycles. The van der Waals surface area contributed by atoms with Crippen molar-refractivity contribution in [2.24, 2.45) is 0 Å². The predicted molar refractivity (Wildman–Crippen MR) is 177 cm³/mol. The molecule has 0 radical (unpaired) electrons. The summed E-state index contributed by atoms with van der Waals surface area (Å²) < 4.78 is 40.4. The summed E-state index contributed by atoms with van der Waals surface area (Å²) in [6, 6.07) is 11.9. The fourth-order valence-corrected chi connectivity index (χ4v) is 7.37. The van der Waals surface area contributed by atoms with Crippen LogP contribution in [0.4, 0.5) is 10.2 Å². The zero-order valence-electron chi connectivity index (χ0n) is 26.8. The highest BCUT2D eigenvalue weighted by Crippen LogP contribution is 2.46. The molecule has 1 saturated heterocycles. The zero-order valence-corrected chi connectivity index (χ0v) is 28.5. The molecule has 4 aromatic rings. The van der Waals surface area contributed by atoms with Crippen molar-refractivity contribution in [1.82, 2.24) is 19.4 Å². The van der Waals surface area contributed by atoms with Crippen molar-refractivity contribution in [1.29, 1.82) is 0 Å². The maximum Gasteiger partial charge on any atom is 0.362 e. The molecule has 5 rings (SSSR count). The lowest BCUT2D eigenvalue weighted by atomic mass is 9.98. The van der Waals surface area contributed by atoms with Gasteiger partial charge in [0.05, 0.1) is 29.1 Å². The van der Waals surface area contributed by atoms with Crippen LogP contribution in [0.3, 0.4) is 0 Å². The van der Waals surface area contributed by atoms with E-state index in [0.717, 1.165) is 10.9 Å². The van der Waals surface area contributed by atoms with Crippen LogP contribution >= 0.6 is 19.2 Å². The van der Waals surface area contributed by atoms with Crippen molar-refractivity contribution in [3.8, 4) is 11.1 Å². The van der Waals surface area contributed by atoms with Crippen LogP contribution in [0.25, 0.3) is 22.2 Å². The first-order valence-corrected chi connectivity index (χ1v) is 17.0. The molecule has 0 unspecified atom stereocenters. The monoisotopic (exact) mass is 655 g/mol. The van der Waals surface area contributed by atoms with Crippen molar-refractivity contribution >= 4 is 47.3 Å². The minimum absolute atomic E-state index is 0.0637. The number of hydrogen-bond donors (Lipinski definition) is 0. The quantitative estimate of drug-likeness (QED) is 0.184. The van der Waals surface area contributed by atoms with E-state index in [-0.39, 0.29) is 29.7 Å². The van der Waals surface area contributed by atoms with E-state index in [9.17, 15) is 13.8 Å². The number of halogens is 2. The zero-order chi connectivity index (χ0) is 32.7. The van der Waals surface area contributed by atoms with Crippen LogP contribution in [-0.4, -0.2) is 63.7 Å². The van der Waals surface area contributed by atoms with Gasteiger partial charge >= 0.3 is 7.60 Å². The van der Waals surface area contributed by atoms with Crippen LogP contribution < -0.4 is 10.2 Å². The molecule has 0 spiro atoms. The lowest BCUT2D eigenvalue weighted by Gasteiger charge is -2.47. The number of rotatable bonds is 8.